The van der Waals surface area contributed by atoms with Crippen LogP contribution in [0.15, 0.2) is 24.0 Å². The van der Waals surface area contributed by atoms with E-state index in [4.69, 9.17) is 5.26 Å². The van der Waals surface area contributed by atoms with Crippen molar-refractivity contribution in [2.45, 2.75) is 6.42 Å². The van der Waals surface area contributed by atoms with Gasteiger partial charge in [0.1, 0.15) is 10.7 Å². The minimum Gasteiger partial charge on any atom is -0.261 e. The molecule has 0 fully saturated rings. The molecule has 0 aliphatic carbocycles. The Hall–Kier alpha value is -1.80. The minimum absolute atomic E-state index is 0.344. The smallest absolute Gasteiger partial charge is 0.143 e. The Morgan fingerprint density at radius 3 is 3.07 bits per heavy atom. The summed E-state index contributed by atoms with van der Waals surface area (Å²) in [5.41, 5.74) is 1.54. The molecule has 2 aromatic rings. The van der Waals surface area contributed by atoms with Gasteiger partial charge in [-0.2, -0.15) is 5.26 Å². The third-order valence-electron chi connectivity index (χ3n) is 1.59. The minimum atomic E-state index is 0.344. The van der Waals surface area contributed by atoms with Crippen LogP contribution in [0.5, 0.6) is 0 Å². The van der Waals surface area contributed by atoms with E-state index in [2.05, 4.69) is 21.0 Å². The Morgan fingerprint density at radius 1 is 1.43 bits per heavy atom. The summed E-state index contributed by atoms with van der Waals surface area (Å²) < 4.78 is 0. The molecule has 68 valence electrons. The predicted molar refractivity (Wildman–Crippen MR) is 52.5 cm³/mol. The maximum atomic E-state index is 8.49. The fourth-order valence-electron chi connectivity index (χ4n) is 0.996. The van der Waals surface area contributed by atoms with Crippen LogP contribution in [0, 0.1) is 11.3 Å². The highest BCUT2D eigenvalue weighted by Gasteiger charge is 2.04. The number of thiazole rings is 1. The molecule has 5 heteroatoms. The zero-order valence-corrected chi connectivity index (χ0v) is 8.03. The Balaban J connectivity index is 2.31. The molecule has 0 saturated carbocycles. The van der Waals surface area contributed by atoms with Crippen LogP contribution in [0.1, 0.15) is 5.69 Å². The van der Waals surface area contributed by atoms with E-state index in [1.807, 2.05) is 5.38 Å². The average Bonchev–Trinajstić information content (AvgIpc) is 2.68. The summed E-state index contributed by atoms with van der Waals surface area (Å²) in [5.74, 6) is 0. The molecule has 0 aliphatic heterocycles. The van der Waals surface area contributed by atoms with Crippen LogP contribution < -0.4 is 0 Å². The van der Waals surface area contributed by atoms with Crippen molar-refractivity contribution in [2.75, 3.05) is 0 Å². The van der Waals surface area contributed by atoms with Gasteiger partial charge in [-0.1, -0.05) is 0 Å². The summed E-state index contributed by atoms with van der Waals surface area (Å²) in [6, 6.07) is 2.06. The van der Waals surface area contributed by atoms with Crippen molar-refractivity contribution in [3.05, 3.63) is 29.7 Å². The van der Waals surface area contributed by atoms with Gasteiger partial charge in [-0.3, -0.25) is 9.97 Å². The molecule has 0 N–H and O–H groups in total. The number of nitriles is 1. The first-order chi connectivity index (χ1) is 6.90. The zero-order valence-electron chi connectivity index (χ0n) is 7.21. The SMILES string of the molecule is N#CCc1csc(-c2cnccn2)n1. The first-order valence-electron chi connectivity index (χ1n) is 3.98. The van der Waals surface area contributed by atoms with E-state index in [1.54, 1.807) is 18.6 Å². The van der Waals surface area contributed by atoms with Gasteiger partial charge in [0.15, 0.2) is 0 Å². The largest absolute Gasteiger partial charge is 0.261 e. The summed E-state index contributed by atoms with van der Waals surface area (Å²) in [6.07, 6.45) is 5.25. The first-order valence-corrected chi connectivity index (χ1v) is 4.86. The van der Waals surface area contributed by atoms with Crippen molar-refractivity contribution < 1.29 is 0 Å². The molecule has 0 radical (unpaired) electrons. The van der Waals surface area contributed by atoms with Crippen LogP contribution in [0.4, 0.5) is 0 Å². The topological polar surface area (TPSA) is 62.5 Å². The second-order valence-electron chi connectivity index (χ2n) is 2.57. The molecule has 0 spiro atoms. The predicted octanol–water partition coefficient (Wildman–Crippen LogP) is 1.67. The molecule has 2 aromatic heterocycles. The molecule has 0 saturated heterocycles. The number of hydrogen-bond donors (Lipinski definition) is 0. The molecule has 2 heterocycles. The molecule has 14 heavy (non-hydrogen) atoms. The van der Waals surface area contributed by atoms with E-state index in [0.29, 0.717) is 6.42 Å². The van der Waals surface area contributed by atoms with Crippen molar-refractivity contribution >= 4 is 11.3 Å². The standard InChI is InChI=1S/C9H6N4S/c10-2-1-7-6-14-9(13-7)8-5-11-3-4-12-8/h3-6H,1H2. The van der Waals surface area contributed by atoms with Gasteiger partial charge in [-0.25, -0.2) is 4.98 Å². The van der Waals surface area contributed by atoms with Gasteiger partial charge in [-0.15, -0.1) is 11.3 Å². The molecule has 2 rings (SSSR count). The lowest BCUT2D eigenvalue weighted by molar-refractivity contribution is 1.14. The fourth-order valence-corrected chi connectivity index (χ4v) is 1.78. The molecule has 0 bridgehead atoms. The maximum Gasteiger partial charge on any atom is 0.143 e. The average molecular weight is 202 g/mol. The van der Waals surface area contributed by atoms with Gasteiger partial charge in [0.25, 0.3) is 0 Å². The quantitative estimate of drug-likeness (QED) is 0.743. The summed E-state index contributed by atoms with van der Waals surface area (Å²) in [7, 11) is 0. The number of rotatable bonds is 2. The number of aromatic nitrogens is 3. The second-order valence-corrected chi connectivity index (χ2v) is 3.43. The molecule has 0 aromatic carbocycles. The van der Waals surface area contributed by atoms with E-state index in [1.165, 1.54) is 11.3 Å². The van der Waals surface area contributed by atoms with Crippen molar-refractivity contribution in [1.29, 1.82) is 5.26 Å². The molecule has 0 aliphatic rings. The van der Waals surface area contributed by atoms with Gasteiger partial charge >= 0.3 is 0 Å². The fraction of sp³-hybridized carbons (Fsp3) is 0.111. The lowest BCUT2D eigenvalue weighted by Crippen LogP contribution is -1.85. The Bertz CT molecular complexity index is 457. The number of hydrogen-bond acceptors (Lipinski definition) is 5. The van der Waals surface area contributed by atoms with Gasteiger partial charge in [0.05, 0.1) is 24.4 Å². The summed E-state index contributed by atoms with van der Waals surface area (Å²) >= 11 is 1.48. The highest BCUT2D eigenvalue weighted by molar-refractivity contribution is 7.13. The van der Waals surface area contributed by atoms with Crippen molar-refractivity contribution in [3.8, 4) is 16.8 Å². The van der Waals surface area contributed by atoms with Gasteiger partial charge < -0.3 is 0 Å². The second kappa shape index (κ2) is 3.94. The molecular formula is C9H6N4S. The third-order valence-corrected chi connectivity index (χ3v) is 2.51. The molecule has 0 amide bonds. The molecule has 0 unspecified atom stereocenters. The lowest BCUT2D eigenvalue weighted by Gasteiger charge is -1.91. The monoisotopic (exact) mass is 202 g/mol. The van der Waals surface area contributed by atoms with Crippen LogP contribution in [0.25, 0.3) is 10.7 Å². The van der Waals surface area contributed by atoms with Gasteiger partial charge in [0.2, 0.25) is 0 Å². The van der Waals surface area contributed by atoms with Crippen LogP contribution in [-0.2, 0) is 6.42 Å². The molecular weight excluding hydrogens is 196 g/mol. The molecule has 0 atom stereocenters. The van der Waals surface area contributed by atoms with Crippen molar-refractivity contribution in [1.82, 2.24) is 15.0 Å². The highest BCUT2D eigenvalue weighted by atomic mass is 32.1. The van der Waals surface area contributed by atoms with Crippen LogP contribution >= 0.6 is 11.3 Å². The number of nitrogens with zero attached hydrogens (tertiary/aromatic N) is 4. The van der Waals surface area contributed by atoms with E-state index in [0.717, 1.165) is 16.4 Å². The summed E-state index contributed by atoms with van der Waals surface area (Å²) in [6.45, 7) is 0. The van der Waals surface area contributed by atoms with E-state index < -0.39 is 0 Å². The maximum absolute atomic E-state index is 8.49. The van der Waals surface area contributed by atoms with Crippen molar-refractivity contribution in [3.63, 3.8) is 0 Å². The first kappa shape index (κ1) is 8.78. The molecule has 4 nitrogen and oxygen atoms in total. The Labute approximate surface area is 84.9 Å². The van der Waals surface area contributed by atoms with E-state index in [-0.39, 0.29) is 0 Å². The van der Waals surface area contributed by atoms with Crippen LogP contribution in [0.3, 0.4) is 0 Å². The normalized spacial score (nSPS) is 9.64. The Kier molecular flexibility index (Phi) is 2.47. The van der Waals surface area contributed by atoms with Crippen LogP contribution in [0.2, 0.25) is 0 Å². The summed E-state index contributed by atoms with van der Waals surface area (Å²) in [4.78, 5) is 12.3. The Morgan fingerprint density at radius 2 is 2.36 bits per heavy atom. The van der Waals surface area contributed by atoms with Gasteiger partial charge in [0, 0.05) is 17.8 Å². The van der Waals surface area contributed by atoms with Crippen LogP contribution in [-0.4, -0.2) is 15.0 Å². The lowest BCUT2D eigenvalue weighted by atomic mass is 10.4. The van der Waals surface area contributed by atoms with E-state index >= 15 is 0 Å². The third kappa shape index (κ3) is 1.75. The van der Waals surface area contributed by atoms with Crippen molar-refractivity contribution in [2.24, 2.45) is 0 Å². The van der Waals surface area contributed by atoms with Gasteiger partial charge in [-0.05, 0) is 0 Å². The summed E-state index contributed by atoms with van der Waals surface area (Å²) in [5, 5.41) is 11.2. The highest BCUT2D eigenvalue weighted by Crippen LogP contribution is 2.20. The zero-order chi connectivity index (χ0) is 9.80. The van der Waals surface area contributed by atoms with E-state index in [9.17, 15) is 0 Å².